The first kappa shape index (κ1) is 35.5. The third-order valence-electron chi connectivity index (χ3n) is 13.9. The minimum Gasteiger partial charge on any atom is -0.309 e. The van der Waals surface area contributed by atoms with Crippen molar-refractivity contribution in [2.45, 2.75) is 0 Å². The molecule has 306 valence electrons. The Hall–Kier alpha value is -9.00. The molecule has 15 aromatic rings. The third-order valence-corrected chi connectivity index (χ3v) is 13.9. The predicted octanol–water partition coefficient (Wildman–Crippen LogP) is 15.1. The lowest BCUT2D eigenvalue weighted by atomic mass is 9.99. The van der Waals surface area contributed by atoms with E-state index < -0.39 is 0 Å². The molecule has 5 aromatic heterocycles. The van der Waals surface area contributed by atoms with E-state index in [1.165, 1.54) is 59.8 Å². The van der Waals surface area contributed by atoms with Gasteiger partial charge in [0.25, 0.3) is 0 Å². The Balaban J connectivity index is 1.06. The van der Waals surface area contributed by atoms with Crippen molar-refractivity contribution in [3.8, 4) is 28.5 Å². The first-order valence-corrected chi connectivity index (χ1v) is 22.5. The van der Waals surface area contributed by atoms with Crippen LogP contribution in [-0.2, 0) is 0 Å². The van der Waals surface area contributed by atoms with E-state index in [4.69, 9.17) is 9.97 Å². The van der Waals surface area contributed by atoms with E-state index in [0.717, 1.165) is 72.5 Å². The summed E-state index contributed by atoms with van der Waals surface area (Å²) in [6.45, 7) is 0. The Kier molecular flexibility index (Phi) is 7.13. The predicted molar refractivity (Wildman–Crippen MR) is 274 cm³/mol. The topological polar surface area (TPSA) is 45.0 Å². The smallest absolute Gasteiger partial charge is 0.221 e. The maximum atomic E-state index is 5.49. The molecule has 0 spiro atoms. The quantitative estimate of drug-likeness (QED) is 0.177. The van der Waals surface area contributed by atoms with Gasteiger partial charge in [0.05, 0.1) is 49.7 Å². The number of rotatable bonds is 4. The van der Waals surface area contributed by atoms with Gasteiger partial charge in [-0.3, -0.25) is 8.97 Å². The molecule has 5 heterocycles. The molecule has 0 unspecified atom stereocenters. The average Bonchev–Trinajstić information content (AvgIpc) is 4.13. The molecule has 0 bridgehead atoms. The lowest BCUT2D eigenvalue weighted by molar-refractivity contribution is 0.980. The molecule has 10 aromatic carbocycles. The summed E-state index contributed by atoms with van der Waals surface area (Å²) in [6, 6.07) is 79.2. The number of para-hydroxylation sites is 7. The van der Waals surface area contributed by atoms with Gasteiger partial charge >= 0.3 is 0 Å². The van der Waals surface area contributed by atoms with Crippen molar-refractivity contribution in [3.05, 3.63) is 218 Å². The summed E-state index contributed by atoms with van der Waals surface area (Å²) < 4.78 is 9.48. The summed E-state index contributed by atoms with van der Waals surface area (Å²) in [5, 5.41) is 10.7. The molecule has 0 aliphatic carbocycles. The van der Waals surface area contributed by atoms with Crippen molar-refractivity contribution >= 4 is 104 Å². The zero-order chi connectivity index (χ0) is 43.0. The molecule has 66 heavy (non-hydrogen) atoms. The number of aromatic nitrogens is 6. The second-order valence-corrected chi connectivity index (χ2v) is 17.4. The third kappa shape index (κ3) is 4.84. The van der Waals surface area contributed by atoms with E-state index >= 15 is 0 Å². The largest absolute Gasteiger partial charge is 0.309 e. The molecule has 0 N–H and O–H groups in total. The Bertz CT molecular complexity index is 4300. The molecule has 6 nitrogen and oxygen atoms in total. The first-order valence-electron chi connectivity index (χ1n) is 22.5. The van der Waals surface area contributed by atoms with Crippen LogP contribution in [0.4, 0.5) is 0 Å². The van der Waals surface area contributed by atoms with E-state index in [1.54, 1.807) is 0 Å². The summed E-state index contributed by atoms with van der Waals surface area (Å²) in [5.74, 6) is 0.808. The molecule has 0 amide bonds. The van der Waals surface area contributed by atoms with E-state index in [2.05, 4.69) is 236 Å². The highest BCUT2D eigenvalue weighted by molar-refractivity contribution is 6.22. The van der Waals surface area contributed by atoms with Crippen LogP contribution in [0.25, 0.3) is 132 Å². The molecule has 15 rings (SSSR count). The molecular weight excluding hydrogens is 805 g/mol. The van der Waals surface area contributed by atoms with Crippen molar-refractivity contribution in [1.82, 2.24) is 28.1 Å². The van der Waals surface area contributed by atoms with Gasteiger partial charge in [-0.05, 0) is 107 Å². The molecule has 0 saturated heterocycles. The maximum Gasteiger partial charge on any atom is 0.221 e. The SMILES string of the molecule is c1ccc2c(c1)ccc1c2c2cc(-c3cc(-n4c5ccccc5c5ccccc54)cc(-n4c5ccccc5c5ccccc54)c3)ccc2n1-c1nc2ccccc2c2nc3ccccc3n12. The summed E-state index contributed by atoms with van der Waals surface area (Å²) in [4.78, 5) is 10.7. The Labute approximate surface area is 377 Å². The Morgan fingerprint density at radius 3 is 1.39 bits per heavy atom. The van der Waals surface area contributed by atoms with Crippen LogP contribution in [0.5, 0.6) is 0 Å². The number of fused-ring (bicyclic) bond motifs is 16. The average molecular weight is 841 g/mol. The van der Waals surface area contributed by atoms with Gasteiger partial charge in [-0.15, -0.1) is 0 Å². The fourth-order valence-corrected chi connectivity index (χ4v) is 11.1. The van der Waals surface area contributed by atoms with Crippen molar-refractivity contribution in [3.63, 3.8) is 0 Å². The second kappa shape index (κ2) is 13.3. The fraction of sp³-hybridized carbons (Fsp3) is 0. The minimum absolute atomic E-state index is 0.808. The van der Waals surface area contributed by atoms with E-state index in [-0.39, 0.29) is 0 Å². The maximum absolute atomic E-state index is 5.49. The van der Waals surface area contributed by atoms with Gasteiger partial charge < -0.3 is 9.13 Å². The lowest BCUT2D eigenvalue weighted by Gasteiger charge is -2.16. The van der Waals surface area contributed by atoms with Gasteiger partial charge in [0.2, 0.25) is 5.95 Å². The van der Waals surface area contributed by atoms with Gasteiger partial charge in [-0.25, -0.2) is 9.97 Å². The molecule has 0 radical (unpaired) electrons. The normalized spacial score (nSPS) is 12.2. The molecule has 0 atom stereocenters. The zero-order valence-corrected chi connectivity index (χ0v) is 35.5. The molecule has 0 aliphatic heterocycles. The van der Waals surface area contributed by atoms with Crippen molar-refractivity contribution in [1.29, 1.82) is 0 Å². The van der Waals surface area contributed by atoms with Crippen LogP contribution in [0.1, 0.15) is 0 Å². The molecule has 0 saturated carbocycles. The van der Waals surface area contributed by atoms with Gasteiger partial charge in [0.1, 0.15) is 5.65 Å². The first-order chi connectivity index (χ1) is 32.7. The summed E-state index contributed by atoms with van der Waals surface area (Å²) in [5.41, 5.74) is 15.1. The number of benzene rings is 10. The highest BCUT2D eigenvalue weighted by atomic mass is 15.2. The van der Waals surface area contributed by atoms with Gasteiger partial charge in [-0.1, -0.05) is 133 Å². The monoisotopic (exact) mass is 840 g/mol. The molecular formula is C60H36N6. The van der Waals surface area contributed by atoms with Crippen LogP contribution in [-0.4, -0.2) is 28.1 Å². The standard InChI is InChI=1S/C60H36N6/c1-2-16-42-37(15-1)29-32-57-58(42)48-35-38(30-31-55(48)65(57)60-62-49-22-8-3-21-47(49)59-61-50-23-9-14-28-56(50)66(59)60)39-33-40(63-51-24-10-4-17-43(51)44-18-5-11-25-52(44)63)36-41(34-39)64-53-26-12-6-19-45(53)46-20-7-13-27-54(46)64/h1-36H. The van der Waals surface area contributed by atoms with Crippen LogP contribution in [0.2, 0.25) is 0 Å². The van der Waals surface area contributed by atoms with Crippen LogP contribution in [0.15, 0.2) is 218 Å². The van der Waals surface area contributed by atoms with E-state index in [0.29, 0.717) is 0 Å². The summed E-state index contributed by atoms with van der Waals surface area (Å²) in [7, 11) is 0. The number of imidazole rings is 1. The number of nitrogens with zero attached hydrogens (tertiary/aromatic N) is 6. The van der Waals surface area contributed by atoms with Crippen LogP contribution >= 0.6 is 0 Å². The molecule has 0 aliphatic rings. The van der Waals surface area contributed by atoms with Crippen molar-refractivity contribution in [2.24, 2.45) is 0 Å². The lowest BCUT2D eigenvalue weighted by Crippen LogP contribution is -2.06. The Morgan fingerprint density at radius 2 is 0.773 bits per heavy atom. The highest BCUT2D eigenvalue weighted by Gasteiger charge is 2.23. The molecule has 0 fully saturated rings. The van der Waals surface area contributed by atoms with Crippen LogP contribution < -0.4 is 0 Å². The van der Waals surface area contributed by atoms with Gasteiger partial charge in [-0.2, -0.15) is 0 Å². The highest BCUT2D eigenvalue weighted by Crippen LogP contribution is 2.42. The second-order valence-electron chi connectivity index (χ2n) is 17.4. The molecule has 6 heteroatoms. The minimum atomic E-state index is 0.808. The van der Waals surface area contributed by atoms with E-state index in [9.17, 15) is 0 Å². The van der Waals surface area contributed by atoms with Crippen molar-refractivity contribution in [2.75, 3.05) is 0 Å². The Morgan fingerprint density at radius 1 is 0.288 bits per heavy atom. The summed E-state index contributed by atoms with van der Waals surface area (Å²) in [6.07, 6.45) is 0. The van der Waals surface area contributed by atoms with Crippen molar-refractivity contribution < 1.29 is 0 Å². The summed E-state index contributed by atoms with van der Waals surface area (Å²) >= 11 is 0. The van der Waals surface area contributed by atoms with Gasteiger partial charge in [0, 0.05) is 49.1 Å². The zero-order valence-electron chi connectivity index (χ0n) is 35.5. The van der Waals surface area contributed by atoms with E-state index in [1.807, 2.05) is 0 Å². The van der Waals surface area contributed by atoms with Crippen LogP contribution in [0, 0.1) is 0 Å². The van der Waals surface area contributed by atoms with Crippen LogP contribution in [0.3, 0.4) is 0 Å². The van der Waals surface area contributed by atoms with Gasteiger partial charge in [0.15, 0.2) is 0 Å². The number of hydrogen-bond acceptors (Lipinski definition) is 2. The number of hydrogen-bond donors (Lipinski definition) is 0. The fourth-order valence-electron chi connectivity index (χ4n) is 11.1.